The van der Waals surface area contributed by atoms with Gasteiger partial charge in [-0.3, -0.25) is 9.69 Å². The summed E-state index contributed by atoms with van der Waals surface area (Å²) in [6.45, 7) is 2.42. The molecule has 2 saturated heterocycles. The molecule has 4 nitrogen and oxygen atoms in total. The van der Waals surface area contributed by atoms with Crippen molar-refractivity contribution < 1.29 is 9.90 Å². The third-order valence-electron chi connectivity index (χ3n) is 5.36. The Morgan fingerprint density at radius 2 is 2.10 bits per heavy atom. The van der Waals surface area contributed by atoms with E-state index in [-0.39, 0.29) is 11.8 Å². The molecule has 0 aromatic heterocycles. The van der Waals surface area contributed by atoms with E-state index in [2.05, 4.69) is 10.2 Å². The van der Waals surface area contributed by atoms with Crippen molar-refractivity contribution >= 4 is 17.7 Å². The molecule has 2 atom stereocenters. The molecule has 5 heteroatoms. The van der Waals surface area contributed by atoms with Crippen LogP contribution in [0.15, 0.2) is 0 Å². The Morgan fingerprint density at radius 1 is 1.29 bits per heavy atom. The van der Waals surface area contributed by atoms with Crippen LogP contribution in [0.2, 0.25) is 0 Å². The summed E-state index contributed by atoms with van der Waals surface area (Å²) in [5, 5.41) is 13.3. The van der Waals surface area contributed by atoms with E-state index in [1.807, 2.05) is 0 Å². The van der Waals surface area contributed by atoms with Gasteiger partial charge in [-0.1, -0.05) is 19.3 Å². The predicted molar refractivity (Wildman–Crippen MR) is 86.5 cm³/mol. The zero-order valence-electron chi connectivity index (χ0n) is 12.9. The zero-order chi connectivity index (χ0) is 14.7. The van der Waals surface area contributed by atoms with Gasteiger partial charge in [0.1, 0.15) is 0 Å². The molecule has 2 aliphatic heterocycles. The highest BCUT2D eigenvalue weighted by molar-refractivity contribution is 7.99. The van der Waals surface area contributed by atoms with Gasteiger partial charge in [-0.05, 0) is 38.0 Å². The van der Waals surface area contributed by atoms with Crippen molar-refractivity contribution in [2.24, 2.45) is 5.92 Å². The summed E-state index contributed by atoms with van der Waals surface area (Å²) in [6.07, 6.45) is 8.49. The summed E-state index contributed by atoms with van der Waals surface area (Å²) in [7, 11) is 0. The molecule has 3 aliphatic rings. The molecule has 0 aromatic carbocycles. The van der Waals surface area contributed by atoms with Crippen LogP contribution in [0.25, 0.3) is 0 Å². The minimum absolute atomic E-state index is 0.129. The fraction of sp³-hybridized carbons (Fsp3) is 0.938. The molecule has 0 bridgehead atoms. The second kappa shape index (κ2) is 6.88. The van der Waals surface area contributed by atoms with Crippen LogP contribution in [-0.4, -0.2) is 58.7 Å². The molecule has 2 heterocycles. The normalized spacial score (nSPS) is 35.2. The molecular formula is C16H28N2O2S. The maximum Gasteiger partial charge on any atom is 0.224 e. The second-order valence-electron chi connectivity index (χ2n) is 7.02. The first-order valence-electron chi connectivity index (χ1n) is 8.48. The van der Waals surface area contributed by atoms with Gasteiger partial charge in [-0.25, -0.2) is 0 Å². The lowest BCUT2D eigenvalue weighted by Crippen LogP contribution is -2.45. The van der Waals surface area contributed by atoms with Crippen LogP contribution in [0.3, 0.4) is 0 Å². The molecule has 0 aromatic rings. The fourth-order valence-corrected chi connectivity index (χ4v) is 5.21. The molecule has 3 fully saturated rings. The lowest BCUT2D eigenvalue weighted by atomic mass is 9.94. The van der Waals surface area contributed by atoms with Crippen LogP contribution in [0.1, 0.15) is 44.9 Å². The molecule has 2 N–H and O–H groups in total. The van der Waals surface area contributed by atoms with Gasteiger partial charge in [-0.2, -0.15) is 11.8 Å². The molecule has 0 radical (unpaired) electrons. The SMILES string of the molecule is O=C(NC[C@]1(O)CCSC1)[C@H]1CCN(C2CCCCC2)C1. The Bertz CT molecular complexity index is 365. The van der Waals surface area contributed by atoms with Crippen molar-refractivity contribution in [1.82, 2.24) is 10.2 Å². The lowest BCUT2D eigenvalue weighted by molar-refractivity contribution is -0.125. The number of aliphatic hydroxyl groups is 1. The van der Waals surface area contributed by atoms with Gasteiger partial charge in [0.05, 0.1) is 11.5 Å². The van der Waals surface area contributed by atoms with Crippen molar-refractivity contribution in [2.45, 2.75) is 56.6 Å². The number of thioether (sulfide) groups is 1. The summed E-state index contributed by atoms with van der Waals surface area (Å²) in [4.78, 5) is 14.8. The molecular weight excluding hydrogens is 284 g/mol. The highest BCUT2D eigenvalue weighted by atomic mass is 32.2. The van der Waals surface area contributed by atoms with Gasteiger partial charge < -0.3 is 10.4 Å². The Morgan fingerprint density at radius 3 is 2.81 bits per heavy atom. The van der Waals surface area contributed by atoms with Crippen LogP contribution in [0.5, 0.6) is 0 Å². The van der Waals surface area contributed by atoms with Gasteiger partial charge >= 0.3 is 0 Å². The molecule has 0 unspecified atom stereocenters. The standard InChI is InChI=1S/C16H28N2O2S/c19-15(17-11-16(20)7-9-21-12-16)13-6-8-18(10-13)14-4-2-1-3-5-14/h13-14,20H,1-12H2,(H,17,19)/t13-,16+/m0/s1. The Hall–Kier alpha value is -0.260. The van der Waals surface area contributed by atoms with Crippen LogP contribution in [0.4, 0.5) is 0 Å². The van der Waals surface area contributed by atoms with Crippen LogP contribution < -0.4 is 5.32 Å². The lowest BCUT2D eigenvalue weighted by Gasteiger charge is -2.31. The number of nitrogens with one attached hydrogen (secondary N) is 1. The first kappa shape index (κ1) is 15.6. The van der Waals surface area contributed by atoms with Gasteiger partial charge in [0.25, 0.3) is 0 Å². The zero-order valence-corrected chi connectivity index (χ0v) is 13.7. The fourth-order valence-electron chi connectivity index (χ4n) is 3.91. The predicted octanol–water partition coefficient (Wildman–Crippen LogP) is 1.63. The monoisotopic (exact) mass is 312 g/mol. The number of amides is 1. The third kappa shape index (κ3) is 3.93. The summed E-state index contributed by atoms with van der Waals surface area (Å²) in [5.74, 6) is 2.04. The van der Waals surface area contributed by atoms with Gasteiger partial charge in [0.15, 0.2) is 0 Å². The number of likely N-dealkylation sites (tertiary alicyclic amines) is 1. The Labute approximate surface area is 132 Å². The minimum Gasteiger partial charge on any atom is -0.387 e. The second-order valence-corrected chi connectivity index (χ2v) is 8.12. The number of nitrogens with zero attached hydrogens (tertiary/aromatic N) is 1. The van der Waals surface area contributed by atoms with Crippen molar-refractivity contribution in [3.05, 3.63) is 0 Å². The van der Waals surface area contributed by atoms with Gasteiger partial charge in [0, 0.05) is 24.9 Å². The summed E-state index contributed by atoms with van der Waals surface area (Å²) in [6, 6.07) is 0.715. The van der Waals surface area contributed by atoms with Gasteiger partial charge in [0.2, 0.25) is 5.91 Å². The molecule has 0 spiro atoms. The van der Waals surface area contributed by atoms with Gasteiger partial charge in [-0.15, -0.1) is 0 Å². The highest BCUT2D eigenvalue weighted by Gasteiger charge is 2.35. The first-order valence-corrected chi connectivity index (χ1v) is 9.64. The van der Waals surface area contributed by atoms with E-state index in [0.717, 1.165) is 37.4 Å². The number of carbonyl (C=O) groups is 1. The van der Waals surface area contributed by atoms with E-state index in [9.17, 15) is 9.90 Å². The van der Waals surface area contributed by atoms with E-state index in [4.69, 9.17) is 0 Å². The van der Waals surface area contributed by atoms with Crippen molar-refractivity contribution in [1.29, 1.82) is 0 Å². The maximum absolute atomic E-state index is 12.3. The molecule has 120 valence electrons. The molecule has 21 heavy (non-hydrogen) atoms. The average Bonchev–Trinajstić information content (AvgIpc) is 3.16. The molecule has 3 rings (SSSR count). The molecule has 1 aliphatic carbocycles. The number of hydrogen-bond donors (Lipinski definition) is 2. The summed E-state index contributed by atoms with van der Waals surface area (Å²) >= 11 is 1.77. The number of carbonyl (C=O) groups excluding carboxylic acids is 1. The van der Waals surface area contributed by atoms with Crippen LogP contribution in [0, 0.1) is 5.92 Å². The molecule has 1 saturated carbocycles. The van der Waals surface area contributed by atoms with E-state index in [1.54, 1.807) is 11.8 Å². The van der Waals surface area contributed by atoms with Crippen molar-refractivity contribution in [2.75, 3.05) is 31.1 Å². The van der Waals surface area contributed by atoms with Crippen molar-refractivity contribution in [3.63, 3.8) is 0 Å². The number of hydrogen-bond acceptors (Lipinski definition) is 4. The van der Waals surface area contributed by atoms with Crippen LogP contribution >= 0.6 is 11.8 Å². The summed E-state index contributed by atoms with van der Waals surface area (Å²) < 4.78 is 0. The van der Waals surface area contributed by atoms with Crippen LogP contribution in [-0.2, 0) is 4.79 Å². The highest BCUT2D eigenvalue weighted by Crippen LogP contribution is 2.29. The van der Waals surface area contributed by atoms with E-state index in [0.29, 0.717) is 12.6 Å². The van der Waals surface area contributed by atoms with E-state index < -0.39 is 5.60 Å². The smallest absolute Gasteiger partial charge is 0.224 e. The summed E-state index contributed by atoms with van der Waals surface area (Å²) in [5.41, 5.74) is -0.665. The Kier molecular flexibility index (Phi) is 5.12. The van der Waals surface area contributed by atoms with E-state index in [1.165, 1.54) is 32.1 Å². The third-order valence-corrected chi connectivity index (χ3v) is 6.59. The Balaban J connectivity index is 1.43. The first-order chi connectivity index (χ1) is 10.2. The van der Waals surface area contributed by atoms with Crippen molar-refractivity contribution in [3.8, 4) is 0 Å². The largest absolute Gasteiger partial charge is 0.387 e. The average molecular weight is 312 g/mol. The maximum atomic E-state index is 12.3. The molecule has 1 amide bonds. The minimum atomic E-state index is -0.665. The number of rotatable bonds is 4. The topological polar surface area (TPSA) is 52.6 Å². The van der Waals surface area contributed by atoms with E-state index >= 15 is 0 Å². The quantitative estimate of drug-likeness (QED) is 0.828.